The standard InChI is InChI=1S/C18H16FNO3/c19-14-8-6-13(7-9-14)18(22)23-16(12-4-2-1-3-5-12)17(21)20-15-10-11-15/h1-9,15-16H,10-11H2,(H,20,21). The van der Waals surface area contributed by atoms with E-state index in [1.165, 1.54) is 24.3 Å². The number of benzene rings is 2. The molecule has 2 aromatic rings. The van der Waals surface area contributed by atoms with Crippen molar-refractivity contribution in [3.05, 3.63) is 71.5 Å². The number of rotatable bonds is 5. The van der Waals surface area contributed by atoms with Crippen LogP contribution in [0.1, 0.15) is 34.9 Å². The number of carbonyl (C=O) groups is 2. The summed E-state index contributed by atoms with van der Waals surface area (Å²) in [4.78, 5) is 24.6. The van der Waals surface area contributed by atoms with E-state index in [9.17, 15) is 14.0 Å². The highest BCUT2D eigenvalue weighted by atomic mass is 19.1. The molecular weight excluding hydrogens is 297 g/mol. The normalized spacial score (nSPS) is 14.8. The van der Waals surface area contributed by atoms with Crippen molar-refractivity contribution in [2.45, 2.75) is 25.0 Å². The molecule has 1 fully saturated rings. The first-order valence-corrected chi connectivity index (χ1v) is 7.45. The Balaban J connectivity index is 1.78. The Morgan fingerprint density at radius 1 is 1.04 bits per heavy atom. The van der Waals surface area contributed by atoms with Gasteiger partial charge < -0.3 is 10.1 Å². The lowest BCUT2D eigenvalue weighted by atomic mass is 10.1. The van der Waals surface area contributed by atoms with Gasteiger partial charge in [0.2, 0.25) is 6.10 Å². The molecule has 118 valence electrons. The van der Waals surface area contributed by atoms with Crippen LogP contribution >= 0.6 is 0 Å². The summed E-state index contributed by atoms with van der Waals surface area (Å²) in [6.07, 6.45) is 0.868. The Morgan fingerprint density at radius 3 is 2.30 bits per heavy atom. The number of halogens is 1. The molecule has 1 atom stereocenters. The average molecular weight is 313 g/mol. The van der Waals surface area contributed by atoms with Crippen molar-refractivity contribution in [3.8, 4) is 0 Å². The van der Waals surface area contributed by atoms with Gasteiger partial charge in [-0.2, -0.15) is 0 Å². The van der Waals surface area contributed by atoms with E-state index in [1.807, 2.05) is 6.07 Å². The molecule has 0 aliphatic heterocycles. The molecular formula is C18H16FNO3. The number of hydrogen-bond donors (Lipinski definition) is 1. The molecule has 2 aromatic carbocycles. The first-order chi connectivity index (χ1) is 11.1. The lowest BCUT2D eigenvalue weighted by molar-refractivity contribution is -0.130. The number of esters is 1. The molecule has 1 saturated carbocycles. The molecule has 1 aliphatic rings. The van der Waals surface area contributed by atoms with E-state index < -0.39 is 17.9 Å². The summed E-state index contributed by atoms with van der Waals surface area (Å²) in [5.41, 5.74) is 0.799. The largest absolute Gasteiger partial charge is 0.444 e. The Hall–Kier alpha value is -2.69. The third-order valence-electron chi connectivity index (χ3n) is 3.57. The molecule has 1 aliphatic carbocycles. The van der Waals surface area contributed by atoms with Crippen LogP contribution in [-0.4, -0.2) is 17.9 Å². The average Bonchev–Trinajstić information content (AvgIpc) is 3.37. The van der Waals surface area contributed by atoms with E-state index in [4.69, 9.17) is 4.74 Å². The molecule has 0 spiro atoms. The van der Waals surface area contributed by atoms with Gasteiger partial charge in [-0.1, -0.05) is 30.3 Å². The summed E-state index contributed by atoms with van der Waals surface area (Å²) >= 11 is 0. The Labute approximate surface area is 133 Å². The van der Waals surface area contributed by atoms with Crippen molar-refractivity contribution in [1.82, 2.24) is 5.32 Å². The van der Waals surface area contributed by atoms with Crippen molar-refractivity contribution >= 4 is 11.9 Å². The Bertz CT molecular complexity index is 696. The van der Waals surface area contributed by atoms with Gasteiger partial charge in [-0.15, -0.1) is 0 Å². The van der Waals surface area contributed by atoms with Crippen LogP contribution in [0.15, 0.2) is 54.6 Å². The molecule has 1 N–H and O–H groups in total. The predicted octanol–water partition coefficient (Wildman–Crippen LogP) is 3.00. The molecule has 0 saturated heterocycles. The molecule has 0 radical (unpaired) electrons. The van der Waals surface area contributed by atoms with E-state index in [1.54, 1.807) is 24.3 Å². The Kier molecular flexibility index (Phi) is 4.37. The molecule has 1 unspecified atom stereocenters. The fraction of sp³-hybridized carbons (Fsp3) is 0.222. The molecule has 4 nitrogen and oxygen atoms in total. The highest BCUT2D eigenvalue weighted by Crippen LogP contribution is 2.24. The van der Waals surface area contributed by atoms with Gasteiger partial charge in [0.15, 0.2) is 0 Å². The number of ether oxygens (including phenoxy) is 1. The topological polar surface area (TPSA) is 55.4 Å². The fourth-order valence-electron chi connectivity index (χ4n) is 2.17. The van der Waals surface area contributed by atoms with Gasteiger partial charge in [0, 0.05) is 11.6 Å². The quantitative estimate of drug-likeness (QED) is 0.863. The number of hydrogen-bond acceptors (Lipinski definition) is 3. The van der Waals surface area contributed by atoms with Gasteiger partial charge in [0.05, 0.1) is 5.56 Å². The third kappa shape index (κ3) is 3.94. The molecule has 3 rings (SSSR count). The van der Waals surface area contributed by atoms with Crippen LogP contribution in [0.25, 0.3) is 0 Å². The van der Waals surface area contributed by atoms with Crippen LogP contribution in [-0.2, 0) is 9.53 Å². The van der Waals surface area contributed by atoms with E-state index in [0.717, 1.165) is 12.8 Å². The third-order valence-corrected chi connectivity index (χ3v) is 3.57. The van der Waals surface area contributed by atoms with Crippen LogP contribution < -0.4 is 5.32 Å². The van der Waals surface area contributed by atoms with Crippen molar-refractivity contribution in [2.24, 2.45) is 0 Å². The molecule has 0 heterocycles. The van der Waals surface area contributed by atoms with Crippen LogP contribution in [0.5, 0.6) is 0 Å². The summed E-state index contributed by atoms with van der Waals surface area (Å²) in [5, 5.41) is 2.84. The Morgan fingerprint density at radius 2 is 1.70 bits per heavy atom. The molecule has 1 amide bonds. The summed E-state index contributed by atoms with van der Waals surface area (Å²) in [7, 11) is 0. The number of nitrogens with one attached hydrogen (secondary N) is 1. The minimum atomic E-state index is -1.02. The summed E-state index contributed by atoms with van der Waals surface area (Å²) in [6, 6.07) is 14.0. The summed E-state index contributed by atoms with van der Waals surface area (Å²) in [6.45, 7) is 0. The molecule has 0 aromatic heterocycles. The van der Waals surface area contributed by atoms with Crippen molar-refractivity contribution in [2.75, 3.05) is 0 Å². The van der Waals surface area contributed by atoms with Gasteiger partial charge in [0.25, 0.3) is 5.91 Å². The second-order valence-electron chi connectivity index (χ2n) is 5.49. The summed E-state index contributed by atoms with van der Waals surface area (Å²) < 4.78 is 18.3. The SMILES string of the molecule is O=C(OC(C(=O)NC1CC1)c1ccccc1)c1ccc(F)cc1. The minimum Gasteiger partial charge on any atom is -0.444 e. The lowest BCUT2D eigenvalue weighted by Gasteiger charge is -2.18. The van der Waals surface area contributed by atoms with Crippen LogP contribution in [0, 0.1) is 5.82 Å². The maximum atomic E-state index is 12.9. The van der Waals surface area contributed by atoms with Crippen molar-refractivity contribution in [3.63, 3.8) is 0 Å². The van der Waals surface area contributed by atoms with Crippen molar-refractivity contribution in [1.29, 1.82) is 0 Å². The van der Waals surface area contributed by atoms with Gasteiger partial charge >= 0.3 is 5.97 Å². The minimum absolute atomic E-state index is 0.165. The van der Waals surface area contributed by atoms with Crippen LogP contribution in [0.4, 0.5) is 4.39 Å². The monoisotopic (exact) mass is 313 g/mol. The molecule has 5 heteroatoms. The van der Waals surface area contributed by atoms with Crippen LogP contribution in [0.3, 0.4) is 0 Å². The molecule has 0 bridgehead atoms. The zero-order valence-corrected chi connectivity index (χ0v) is 12.4. The maximum Gasteiger partial charge on any atom is 0.339 e. The highest BCUT2D eigenvalue weighted by Gasteiger charge is 2.31. The number of amides is 1. The van der Waals surface area contributed by atoms with E-state index in [0.29, 0.717) is 5.56 Å². The second-order valence-corrected chi connectivity index (χ2v) is 5.49. The highest BCUT2D eigenvalue weighted by molar-refractivity contribution is 5.92. The van der Waals surface area contributed by atoms with Gasteiger partial charge in [0.1, 0.15) is 5.82 Å². The fourth-order valence-corrected chi connectivity index (χ4v) is 2.17. The van der Waals surface area contributed by atoms with Crippen molar-refractivity contribution < 1.29 is 18.7 Å². The number of carbonyl (C=O) groups excluding carboxylic acids is 2. The van der Waals surface area contributed by atoms with E-state index >= 15 is 0 Å². The summed E-state index contributed by atoms with van der Waals surface area (Å²) in [5.74, 6) is -1.44. The van der Waals surface area contributed by atoms with Gasteiger partial charge in [-0.3, -0.25) is 4.79 Å². The zero-order chi connectivity index (χ0) is 16.2. The smallest absolute Gasteiger partial charge is 0.339 e. The zero-order valence-electron chi connectivity index (χ0n) is 12.4. The van der Waals surface area contributed by atoms with E-state index in [-0.39, 0.29) is 17.5 Å². The second kappa shape index (κ2) is 6.60. The van der Waals surface area contributed by atoms with E-state index in [2.05, 4.69) is 5.32 Å². The lowest BCUT2D eigenvalue weighted by Crippen LogP contribution is -2.33. The van der Waals surface area contributed by atoms with Gasteiger partial charge in [-0.25, -0.2) is 9.18 Å². The predicted molar refractivity (Wildman–Crippen MR) is 82.2 cm³/mol. The van der Waals surface area contributed by atoms with Gasteiger partial charge in [-0.05, 0) is 37.1 Å². The van der Waals surface area contributed by atoms with Crippen LogP contribution in [0.2, 0.25) is 0 Å². The molecule has 23 heavy (non-hydrogen) atoms. The maximum absolute atomic E-state index is 12.9. The first-order valence-electron chi connectivity index (χ1n) is 7.45. The first kappa shape index (κ1) is 15.2.